The van der Waals surface area contributed by atoms with Gasteiger partial charge in [0.05, 0.1) is 17.9 Å². The Kier molecular flexibility index (Phi) is 2.71. The van der Waals surface area contributed by atoms with Crippen molar-refractivity contribution in [3.8, 4) is 0 Å². The molecule has 1 saturated heterocycles. The van der Waals surface area contributed by atoms with Crippen LogP contribution in [0, 0.1) is 11.3 Å². The van der Waals surface area contributed by atoms with Crippen LogP contribution in [0.2, 0.25) is 0 Å². The first-order valence-corrected chi connectivity index (χ1v) is 4.24. The summed E-state index contributed by atoms with van der Waals surface area (Å²) in [4.78, 5) is 22.4. The van der Waals surface area contributed by atoms with Gasteiger partial charge in [0, 0.05) is 7.11 Å². The van der Waals surface area contributed by atoms with E-state index in [-0.39, 0.29) is 5.92 Å². The van der Waals surface area contributed by atoms with Crippen LogP contribution in [0.3, 0.4) is 0 Å². The highest BCUT2D eigenvalue weighted by molar-refractivity contribution is 5.92. The minimum Gasteiger partial charge on any atom is -0.392 e. The number of hydrogen-bond donors (Lipinski definition) is 0. The second-order valence-electron chi connectivity index (χ2n) is 3.81. The van der Waals surface area contributed by atoms with Gasteiger partial charge in [-0.1, -0.05) is 6.92 Å². The molecule has 0 spiro atoms. The molecule has 4 heteroatoms. The number of carbonyl (C=O) groups excluding carboxylic acids is 2. The van der Waals surface area contributed by atoms with Crippen LogP contribution in [0.1, 0.15) is 20.3 Å². The fourth-order valence-corrected chi connectivity index (χ4v) is 1.59. The fourth-order valence-electron chi connectivity index (χ4n) is 1.59. The molecule has 0 aromatic carbocycles. The minimum absolute atomic E-state index is 0.224. The highest BCUT2D eigenvalue weighted by Gasteiger charge is 2.44. The van der Waals surface area contributed by atoms with Crippen LogP contribution < -0.4 is 0 Å². The Morgan fingerprint density at radius 3 is 2.77 bits per heavy atom. The third-order valence-electron chi connectivity index (χ3n) is 2.31. The summed E-state index contributed by atoms with van der Waals surface area (Å²) in [6, 6.07) is 0. The van der Waals surface area contributed by atoms with Gasteiger partial charge in [-0.3, -0.25) is 9.59 Å². The Morgan fingerprint density at radius 1 is 1.62 bits per heavy atom. The van der Waals surface area contributed by atoms with E-state index >= 15 is 0 Å². The van der Waals surface area contributed by atoms with E-state index < -0.39 is 17.4 Å². The molecule has 0 N–H and O–H groups in total. The molecule has 4 nitrogen and oxygen atoms in total. The molecular weight excluding hydrogens is 172 g/mol. The van der Waals surface area contributed by atoms with Gasteiger partial charge in [-0.05, 0) is 13.3 Å². The molecule has 0 saturated carbocycles. The van der Waals surface area contributed by atoms with E-state index in [1.165, 1.54) is 7.11 Å². The Hall–Kier alpha value is -0.900. The van der Waals surface area contributed by atoms with E-state index in [1.54, 1.807) is 13.8 Å². The number of carbonyl (C=O) groups is 2. The van der Waals surface area contributed by atoms with Gasteiger partial charge in [0.2, 0.25) is 0 Å². The largest absolute Gasteiger partial charge is 0.392 e. The van der Waals surface area contributed by atoms with Gasteiger partial charge >= 0.3 is 11.9 Å². The molecular formula is C9H14O4. The summed E-state index contributed by atoms with van der Waals surface area (Å²) in [5.41, 5.74) is -0.665. The first-order valence-electron chi connectivity index (χ1n) is 4.24. The molecule has 0 aromatic heterocycles. The van der Waals surface area contributed by atoms with Gasteiger partial charge in [-0.15, -0.1) is 0 Å². The third-order valence-corrected chi connectivity index (χ3v) is 2.31. The van der Waals surface area contributed by atoms with Gasteiger partial charge < -0.3 is 9.47 Å². The lowest BCUT2D eigenvalue weighted by Crippen LogP contribution is -2.44. The Bertz CT molecular complexity index is 236. The van der Waals surface area contributed by atoms with Crippen LogP contribution in [0.4, 0.5) is 0 Å². The summed E-state index contributed by atoms with van der Waals surface area (Å²) in [5.74, 6) is -1.13. The Morgan fingerprint density at radius 2 is 2.23 bits per heavy atom. The fraction of sp³-hybridized carbons (Fsp3) is 0.778. The quantitative estimate of drug-likeness (QED) is 0.471. The van der Waals surface area contributed by atoms with Crippen molar-refractivity contribution >= 4 is 11.9 Å². The Labute approximate surface area is 77.2 Å². The molecule has 0 aliphatic carbocycles. The molecule has 2 unspecified atom stereocenters. The average molecular weight is 186 g/mol. The van der Waals surface area contributed by atoms with E-state index in [0.29, 0.717) is 13.0 Å². The van der Waals surface area contributed by atoms with Crippen molar-refractivity contribution < 1.29 is 19.1 Å². The molecule has 13 heavy (non-hydrogen) atoms. The first-order chi connectivity index (χ1) is 5.99. The SMILES string of the molecule is COCC1(C)CC(C)C(=O)OC1=O. The summed E-state index contributed by atoms with van der Waals surface area (Å²) in [6.07, 6.45) is 0.499. The van der Waals surface area contributed by atoms with Crippen molar-refractivity contribution in [2.75, 3.05) is 13.7 Å². The second-order valence-corrected chi connectivity index (χ2v) is 3.81. The Balaban J connectivity index is 2.76. The van der Waals surface area contributed by atoms with Gasteiger partial charge in [0.25, 0.3) is 0 Å². The molecule has 1 rings (SSSR count). The maximum atomic E-state index is 11.3. The van der Waals surface area contributed by atoms with E-state index in [2.05, 4.69) is 4.74 Å². The van der Waals surface area contributed by atoms with Crippen LogP contribution in [0.15, 0.2) is 0 Å². The normalized spacial score (nSPS) is 34.5. The van der Waals surface area contributed by atoms with Crippen molar-refractivity contribution in [1.82, 2.24) is 0 Å². The lowest BCUT2D eigenvalue weighted by Gasteiger charge is -2.32. The molecule has 1 fully saturated rings. The van der Waals surface area contributed by atoms with Crippen molar-refractivity contribution in [3.63, 3.8) is 0 Å². The summed E-state index contributed by atoms with van der Waals surface area (Å²) < 4.78 is 9.53. The van der Waals surface area contributed by atoms with Gasteiger partial charge in [0.15, 0.2) is 0 Å². The lowest BCUT2D eigenvalue weighted by molar-refractivity contribution is -0.180. The molecule has 74 valence electrons. The average Bonchev–Trinajstić information content (AvgIpc) is 2.02. The molecule has 0 aromatic rings. The number of esters is 2. The van der Waals surface area contributed by atoms with Crippen LogP contribution in [-0.2, 0) is 19.1 Å². The highest BCUT2D eigenvalue weighted by atomic mass is 16.6. The molecule has 1 aliphatic heterocycles. The molecule has 0 bridgehead atoms. The van der Waals surface area contributed by atoms with Crippen molar-refractivity contribution in [2.45, 2.75) is 20.3 Å². The predicted molar refractivity (Wildman–Crippen MR) is 44.9 cm³/mol. The molecule has 1 aliphatic rings. The summed E-state index contributed by atoms with van der Waals surface area (Å²) >= 11 is 0. The zero-order valence-electron chi connectivity index (χ0n) is 8.12. The molecule has 1 heterocycles. The summed E-state index contributed by atoms with van der Waals surface area (Å²) in [7, 11) is 1.53. The smallest absolute Gasteiger partial charge is 0.321 e. The third kappa shape index (κ3) is 1.88. The van der Waals surface area contributed by atoms with Crippen molar-refractivity contribution in [1.29, 1.82) is 0 Å². The van der Waals surface area contributed by atoms with E-state index in [9.17, 15) is 9.59 Å². The van der Waals surface area contributed by atoms with Gasteiger partial charge in [-0.25, -0.2) is 0 Å². The van der Waals surface area contributed by atoms with Gasteiger partial charge in [0.1, 0.15) is 0 Å². The first kappa shape index (κ1) is 10.2. The zero-order chi connectivity index (χ0) is 10.1. The lowest BCUT2D eigenvalue weighted by atomic mass is 9.80. The van der Waals surface area contributed by atoms with E-state index in [4.69, 9.17) is 4.74 Å². The zero-order valence-corrected chi connectivity index (χ0v) is 8.12. The monoisotopic (exact) mass is 186 g/mol. The van der Waals surface area contributed by atoms with Crippen LogP contribution in [-0.4, -0.2) is 25.7 Å². The maximum Gasteiger partial charge on any atom is 0.321 e. The van der Waals surface area contributed by atoms with Gasteiger partial charge in [-0.2, -0.15) is 0 Å². The topological polar surface area (TPSA) is 52.6 Å². The van der Waals surface area contributed by atoms with Crippen molar-refractivity contribution in [2.24, 2.45) is 11.3 Å². The van der Waals surface area contributed by atoms with Crippen molar-refractivity contribution in [3.05, 3.63) is 0 Å². The van der Waals surface area contributed by atoms with Crippen LogP contribution in [0.25, 0.3) is 0 Å². The maximum absolute atomic E-state index is 11.3. The number of hydrogen-bond acceptors (Lipinski definition) is 4. The number of rotatable bonds is 2. The summed E-state index contributed by atoms with van der Waals surface area (Å²) in [6.45, 7) is 3.80. The highest BCUT2D eigenvalue weighted by Crippen LogP contribution is 2.33. The number of ether oxygens (including phenoxy) is 2. The molecule has 0 amide bonds. The minimum atomic E-state index is -0.665. The van der Waals surface area contributed by atoms with Crippen LogP contribution >= 0.6 is 0 Å². The number of cyclic esters (lactones) is 2. The van der Waals surface area contributed by atoms with Crippen LogP contribution in [0.5, 0.6) is 0 Å². The molecule has 2 atom stereocenters. The number of methoxy groups -OCH3 is 1. The predicted octanol–water partition coefficient (Wildman–Crippen LogP) is 0.749. The van der Waals surface area contributed by atoms with E-state index in [1.807, 2.05) is 0 Å². The summed E-state index contributed by atoms with van der Waals surface area (Å²) in [5, 5.41) is 0. The second kappa shape index (κ2) is 3.46. The van der Waals surface area contributed by atoms with E-state index in [0.717, 1.165) is 0 Å². The standard InChI is InChI=1S/C9H14O4/c1-6-4-9(2,5-12-3)8(11)13-7(6)10/h6H,4-5H2,1-3H3. The molecule has 0 radical (unpaired) electrons.